The molecule has 0 saturated carbocycles. The van der Waals surface area contributed by atoms with Gasteiger partial charge in [-0.05, 0) is 44.5 Å². The van der Waals surface area contributed by atoms with E-state index in [1.807, 2.05) is 25.1 Å². The molecule has 0 unspecified atom stereocenters. The van der Waals surface area contributed by atoms with E-state index in [2.05, 4.69) is 34.7 Å². The summed E-state index contributed by atoms with van der Waals surface area (Å²) in [7, 11) is 0. The van der Waals surface area contributed by atoms with Gasteiger partial charge in [-0.15, -0.1) is 0 Å². The molecule has 4 heteroatoms. The molecule has 0 saturated heterocycles. The van der Waals surface area contributed by atoms with Crippen molar-refractivity contribution >= 4 is 27.6 Å². The van der Waals surface area contributed by atoms with E-state index in [0.29, 0.717) is 6.54 Å². The third-order valence-electron chi connectivity index (χ3n) is 2.66. The quantitative estimate of drug-likeness (QED) is 0.905. The lowest BCUT2D eigenvalue weighted by Crippen LogP contribution is -2.33. The number of carboxylic acid groups (broad SMARTS) is 1. The molecular formula is C13H18BrNO2. The minimum Gasteiger partial charge on any atom is -0.481 e. The molecule has 0 radical (unpaired) electrons. The fraction of sp³-hybridized carbons (Fsp3) is 0.462. The second-order valence-electron chi connectivity index (χ2n) is 4.36. The Labute approximate surface area is 111 Å². The third kappa shape index (κ3) is 4.04. The first-order valence-electron chi connectivity index (χ1n) is 5.66. The first kappa shape index (κ1) is 14.0. The number of anilines is 1. The molecule has 0 bridgehead atoms. The van der Waals surface area contributed by atoms with E-state index in [1.54, 1.807) is 0 Å². The molecule has 1 aromatic rings. The van der Waals surface area contributed by atoms with Gasteiger partial charge in [0, 0.05) is 22.7 Å². The predicted octanol–water partition coefficient (Wildman–Crippen LogP) is 3.45. The first-order chi connectivity index (χ1) is 7.91. The Kier molecular flexibility index (Phi) is 5.00. The molecule has 0 atom stereocenters. The molecular weight excluding hydrogens is 282 g/mol. The van der Waals surface area contributed by atoms with Crippen molar-refractivity contribution in [1.29, 1.82) is 0 Å². The third-order valence-corrected chi connectivity index (χ3v) is 3.15. The number of rotatable bonds is 5. The van der Waals surface area contributed by atoms with Crippen LogP contribution < -0.4 is 4.90 Å². The summed E-state index contributed by atoms with van der Waals surface area (Å²) in [4.78, 5) is 12.8. The topological polar surface area (TPSA) is 40.5 Å². The van der Waals surface area contributed by atoms with Gasteiger partial charge in [-0.3, -0.25) is 4.79 Å². The molecule has 0 aliphatic heterocycles. The normalized spacial score (nSPS) is 10.6. The van der Waals surface area contributed by atoms with Crippen LogP contribution in [0.2, 0.25) is 0 Å². The lowest BCUT2D eigenvalue weighted by Gasteiger charge is -2.30. The Hall–Kier alpha value is -1.03. The summed E-state index contributed by atoms with van der Waals surface area (Å²) in [6.45, 7) is 6.72. The van der Waals surface area contributed by atoms with Crippen molar-refractivity contribution in [3.8, 4) is 0 Å². The summed E-state index contributed by atoms with van der Waals surface area (Å²) < 4.78 is 1.04. The monoisotopic (exact) mass is 299 g/mol. The maximum atomic E-state index is 10.7. The number of hydrogen-bond acceptors (Lipinski definition) is 2. The highest BCUT2D eigenvalue weighted by atomic mass is 79.9. The molecule has 0 heterocycles. The number of benzene rings is 1. The number of carboxylic acids is 1. The Bertz CT molecular complexity index is 404. The van der Waals surface area contributed by atoms with Gasteiger partial charge in [0.25, 0.3) is 0 Å². The molecule has 0 amide bonds. The molecule has 1 rings (SSSR count). The zero-order chi connectivity index (χ0) is 13.0. The van der Waals surface area contributed by atoms with Crippen molar-refractivity contribution in [3.63, 3.8) is 0 Å². The largest absolute Gasteiger partial charge is 0.481 e. The van der Waals surface area contributed by atoms with Crippen molar-refractivity contribution in [2.75, 3.05) is 11.4 Å². The number of nitrogens with zero attached hydrogens (tertiary/aromatic N) is 1. The Morgan fingerprint density at radius 3 is 2.59 bits per heavy atom. The zero-order valence-electron chi connectivity index (χ0n) is 10.4. The Morgan fingerprint density at radius 1 is 1.47 bits per heavy atom. The Balaban J connectivity index is 2.93. The van der Waals surface area contributed by atoms with Crippen LogP contribution in [0.5, 0.6) is 0 Å². The minimum absolute atomic E-state index is 0.160. The van der Waals surface area contributed by atoms with Gasteiger partial charge in [0.15, 0.2) is 0 Å². The number of aliphatic carboxylic acids is 1. The van der Waals surface area contributed by atoms with Crippen LogP contribution in [0.15, 0.2) is 22.7 Å². The maximum absolute atomic E-state index is 10.7. The second kappa shape index (κ2) is 6.05. The van der Waals surface area contributed by atoms with Gasteiger partial charge in [0.1, 0.15) is 0 Å². The van der Waals surface area contributed by atoms with E-state index in [9.17, 15) is 4.79 Å². The zero-order valence-corrected chi connectivity index (χ0v) is 12.0. The van der Waals surface area contributed by atoms with Crippen molar-refractivity contribution in [1.82, 2.24) is 0 Å². The van der Waals surface area contributed by atoms with Gasteiger partial charge in [0.2, 0.25) is 0 Å². The van der Waals surface area contributed by atoms with E-state index >= 15 is 0 Å². The fourth-order valence-corrected chi connectivity index (χ4v) is 2.29. The summed E-state index contributed by atoms with van der Waals surface area (Å²) >= 11 is 3.43. The number of hydrogen-bond donors (Lipinski definition) is 1. The molecule has 1 N–H and O–H groups in total. The SMILES string of the molecule is Cc1cc(Br)ccc1N(CCC(=O)O)C(C)C. The number of halogens is 1. The van der Waals surface area contributed by atoms with Gasteiger partial charge in [-0.2, -0.15) is 0 Å². The summed E-state index contributed by atoms with van der Waals surface area (Å²) in [6, 6.07) is 6.35. The van der Waals surface area contributed by atoms with Crippen LogP contribution in [-0.4, -0.2) is 23.7 Å². The van der Waals surface area contributed by atoms with E-state index in [1.165, 1.54) is 0 Å². The predicted molar refractivity (Wildman–Crippen MR) is 73.6 cm³/mol. The van der Waals surface area contributed by atoms with Crippen LogP contribution in [0.3, 0.4) is 0 Å². The first-order valence-corrected chi connectivity index (χ1v) is 6.45. The molecule has 0 aromatic heterocycles. The summed E-state index contributed by atoms with van der Waals surface area (Å²) in [6.07, 6.45) is 0.160. The van der Waals surface area contributed by atoms with Crippen LogP contribution in [0.4, 0.5) is 5.69 Å². The van der Waals surface area contributed by atoms with Gasteiger partial charge < -0.3 is 10.0 Å². The Morgan fingerprint density at radius 2 is 2.12 bits per heavy atom. The highest BCUT2D eigenvalue weighted by molar-refractivity contribution is 9.10. The average Bonchev–Trinajstić information content (AvgIpc) is 2.20. The second-order valence-corrected chi connectivity index (χ2v) is 5.28. The molecule has 0 fully saturated rings. The summed E-state index contributed by atoms with van der Waals surface area (Å²) in [5.74, 6) is -0.759. The van der Waals surface area contributed by atoms with Crippen LogP contribution in [0, 0.1) is 6.92 Å². The molecule has 0 aliphatic rings. The van der Waals surface area contributed by atoms with Gasteiger partial charge in [-0.1, -0.05) is 15.9 Å². The molecule has 1 aromatic carbocycles. The van der Waals surface area contributed by atoms with E-state index in [-0.39, 0.29) is 12.5 Å². The lowest BCUT2D eigenvalue weighted by molar-refractivity contribution is -0.136. The minimum atomic E-state index is -0.759. The molecule has 94 valence electrons. The van der Waals surface area contributed by atoms with Crippen molar-refractivity contribution in [2.24, 2.45) is 0 Å². The maximum Gasteiger partial charge on any atom is 0.305 e. The van der Waals surface area contributed by atoms with E-state index < -0.39 is 5.97 Å². The smallest absolute Gasteiger partial charge is 0.305 e. The summed E-state index contributed by atoms with van der Waals surface area (Å²) in [5, 5.41) is 8.77. The van der Waals surface area contributed by atoms with Crippen molar-refractivity contribution < 1.29 is 9.90 Å². The van der Waals surface area contributed by atoms with Crippen LogP contribution in [0.25, 0.3) is 0 Å². The lowest BCUT2D eigenvalue weighted by atomic mass is 10.1. The van der Waals surface area contributed by atoms with Crippen molar-refractivity contribution in [3.05, 3.63) is 28.2 Å². The standard InChI is InChI=1S/C13H18BrNO2/c1-9(2)15(7-6-13(16)17)12-5-4-11(14)8-10(12)3/h4-5,8-9H,6-7H2,1-3H3,(H,16,17). The van der Waals surface area contributed by atoms with Gasteiger partial charge >= 0.3 is 5.97 Å². The molecule has 0 spiro atoms. The van der Waals surface area contributed by atoms with E-state index in [0.717, 1.165) is 15.7 Å². The highest BCUT2D eigenvalue weighted by Gasteiger charge is 2.14. The summed E-state index contributed by atoms with van der Waals surface area (Å²) in [5.41, 5.74) is 2.25. The molecule has 17 heavy (non-hydrogen) atoms. The van der Waals surface area contributed by atoms with Crippen molar-refractivity contribution in [2.45, 2.75) is 33.2 Å². The van der Waals surface area contributed by atoms with Crippen LogP contribution in [0.1, 0.15) is 25.8 Å². The number of carbonyl (C=O) groups is 1. The highest BCUT2D eigenvalue weighted by Crippen LogP contribution is 2.25. The van der Waals surface area contributed by atoms with E-state index in [4.69, 9.17) is 5.11 Å². The van der Waals surface area contributed by atoms with Gasteiger partial charge in [0.05, 0.1) is 6.42 Å². The van der Waals surface area contributed by atoms with Gasteiger partial charge in [-0.25, -0.2) is 0 Å². The van der Waals surface area contributed by atoms with Crippen LogP contribution in [-0.2, 0) is 4.79 Å². The molecule has 3 nitrogen and oxygen atoms in total. The average molecular weight is 300 g/mol. The van der Waals surface area contributed by atoms with Crippen LogP contribution >= 0.6 is 15.9 Å². The number of aryl methyl sites for hydroxylation is 1. The fourth-order valence-electron chi connectivity index (χ4n) is 1.81. The molecule has 0 aliphatic carbocycles.